The molecule has 2 atom stereocenters. The standard InChI is InChI=1S/C23H20F3N7O6S2/c1-31-14-5-12(39-23(24,25)26)4-3-10(14)6-32(31)7-11-8-40-20-16(19(35)33(20)17(11)21(36)37)29-18(34)15(30-38-2)13-9-41-22(27)28-13/h3-6,9,16,20H,7-8H2,1-2H3,(H3-,27,28,29,34,36,37)/b30-15-/t16-,20-/m1/s1. The Kier molecular flexibility index (Phi) is 7.28. The summed E-state index contributed by atoms with van der Waals surface area (Å²) in [6.07, 6.45) is -3.22. The molecular formula is C23H20F3N7O6S2. The van der Waals surface area contributed by atoms with Crippen molar-refractivity contribution in [3.05, 3.63) is 46.7 Å². The molecule has 2 amide bonds. The van der Waals surface area contributed by atoms with Gasteiger partial charge >= 0.3 is 6.36 Å². The third-order valence-electron chi connectivity index (χ3n) is 6.30. The van der Waals surface area contributed by atoms with Crippen LogP contribution in [0, 0.1) is 0 Å². The van der Waals surface area contributed by atoms with Gasteiger partial charge < -0.3 is 30.5 Å². The molecule has 18 heteroatoms. The topological polar surface area (TPSA) is 168 Å². The molecule has 0 radical (unpaired) electrons. The lowest BCUT2D eigenvalue weighted by molar-refractivity contribution is -0.764. The number of nitrogens with two attached hydrogens (primary N) is 1. The monoisotopic (exact) mass is 611 g/mol. The van der Waals surface area contributed by atoms with Crippen molar-refractivity contribution in [3.8, 4) is 5.75 Å². The molecule has 41 heavy (non-hydrogen) atoms. The number of carboxylic acid groups (broad SMARTS) is 1. The predicted octanol–water partition coefficient (Wildman–Crippen LogP) is -0.142. The molecular weight excluding hydrogens is 591 g/mol. The molecule has 1 saturated heterocycles. The second kappa shape index (κ2) is 10.6. The molecule has 2 aromatic heterocycles. The van der Waals surface area contributed by atoms with E-state index in [1.807, 2.05) is 0 Å². The van der Waals surface area contributed by atoms with Gasteiger partial charge in [-0.05, 0) is 12.1 Å². The average Bonchev–Trinajstić information content (AvgIpc) is 3.46. The number of rotatable bonds is 8. The van der Waals surface area contributed by atoms with Gasteiger partial charge in [0.25, 0.3) is 11.8 Å². The van der Waals surface area contributed by atoms with Crippen LogP contribution in [-0.2, 0) is 32.8 Å². The first-order valence-electron chi connectivity index (χ1n) is 11.6. The van der Waals surface area contributed by atoms with Crippen molar-refractivity contribution < 1.29 is 46.9 Å². The lowest BCUT2D eigenvalue weighted by Gasteiger charge is -2.50. The number of nitrogen functional groups attached to an aromatic ring is 1. The van der Waals surface area contributed by atoms with Gasteiger partial charge in [-0.15, -0.1) is 41.0 Å². The lowest BCUT2D eigenvalue weighted by Crippen LogP contribution is -2.71. The largest absolute Gasteiger partial charge is 0.573 e. The van der Waals surface area contributed by atoms with E-state index in [2.05, 4.69) is 20.2 Å². The number of hydrogen-bond acceptors (Lipinski definition) is 11. The van der Waals surface area contributed by atoms with Crippen molar-refractivity contribution in [2.24, 2.45) is 12.2 Å². The van der Waals surface area contributed by atoms with Gasteiger partial charge in [-0.3, -0.25) is 14.5 Å². The fourth-order valence-corrected chi connectivity index (χ4v) is 6.42. The molecule has 3 N–H and O–H groups in total. The highest BCUT2D eigenvalue weighted by Crippen LogP contribution is 2.40. The maximum Gasteiger partial charge on any atom is 0.573 e. The van der Waals surface area contributed by atoms with Crippen molar-refractivity contribution in [1.29, 1.82) is 0 Å². The number of hydrogen-bond donors (Lipinski definition) is 2. The number of fused-ring (bicyclic) bond motifs is 2. The van der Waals surface area contributed by atoms with E-state index in [-0.39, 0.29) is 34.5 Å². The van der Waals surface area contributed by atoms with Crippen molar-refractivity contribution in [1.82, 2.24) is 19.9 Å². The Balaban J connectivity index is 1.37. The van der Waals surface area contributed by atoms with Gasteiger partial charge in [0.1, 0.15) is 35.5 Å². The minimum Gasteiger partial charge on any atom is -0.543 e. The SMILES string of the molecule is CO/N=C(\C(=O)N[C@@H]1C(=O)N2C(C(=O)[O-])=C(C[n+]3cc4ccc(OC(F)(F)F)cc4n3C)CS[C@H]12)c1csc(N)n1. The molecule has 0 unspecified atom stereocenters. The number of β-lactam (4-membered cyclic amide) rings is 1. The molecule has 2 aliphatic rings. The number of nitrogens with zero attached hydrogens (tertiary/aromatic N) is 5. The highest BCUT2D eigenvalue weighted by molar-refractivity contribution is 8.00. The third-order valence-corrected chi connectivity index (χ3v) is 8.31. The number of thioether (sulfide) groups is 1. The van der Waals surface area contributed by atoms with Crippen molar-refractivity contribution in [2.75, 3.05) is 18.6 Å². The Bertz CT molecular complexity index is 1630. The van der Waals surface area contributed by atoms with Crippen molar-refractivity contribution in [3.63, 3.8) is 0 Å². The Labute approximate surface area is 237 Å². The first kappa shape index (κ1) is 28.2. The summed E-state index contributed by atoms with van der Waals surface area (Å²) in [5.74, 6) is -3.25. The van der Waals surface area contributed by atoms with Gasteiger partial charge in [0, 0.05) is 22.8 Å². The maximum absolute atomic E-state index is 13.1. The lowest BCUT2D eigenvalue weighted by atomic mass is 10.0. The van der Waals surface area contributed by atoms with E-state index in [9.17, 15) is 32.7 Å². The van der Waals surface area contributed by atoms with E-state index in [1.165, 1.54) is 47.1 Å². The van der Waals surface area contributed by atoms with Crippen LogP contribution in [0.5, 0.6) is 5.75 Å². The number of carboxylic acids is 1. The normalized spacial score (nSPS) is 19.2. The molecule has 4 heterocycles. The molecule has 0 spiro atoms. The molecule has 5 rings (SSSR count). The fourth-order valence-electron chi connectivity index (χ4n) is 4.54. The van der Waals surface area contributed by atoms with Crippen LogP contribution >= 0.6 is 23.1 Å². The number of amides is 2. The first-order chi connectivity index (χ1) is 19.4. The number of benzene rings is 1. The number of oxime groups is 1. The van der Waals surface area contributed by atoms with Gasteiger partial charge in [0.05, 0.1) is 24.1 Å². The predicted molar refractivity (Wildman–Crippen MR) is 137 cm³/mol. The molecule has 13 nitrogen and oxygen atoms in total. The second-order valence-corrected chi connectivity index (χ2v) is 10.8. The van der Waals surface area contributed by atoms with Crippen molar-refractivity contribution >= 4 is 62.6 Å². The number of nitrogens with one attached hydrogen (secondary N) is 1. The summed E-state index contributed by atoms with van der Waals surface area (Å²) in [5.41, 5.74) is 5.98. The Morgan fingerprint density at radius 3 is 2.76 bits per heavy atom. The van der Waals surface area contributed by atoms with Gasteiger partial charge in [0.2, 0.25) is 6.20 Å². The molecule has 0 saturated carbocycles. The Morgan fingerprint density at radius 1 is 1.37 bits per heavy atom. The highest BCUT2D eigenvalue weighted by atomic mass is 32.2. The second-order valence-electron chi connectivity index (χ2n) is 8.81. The molecule has 1 aromatic carbocycles. The van der Waals surface area contributed by atoms with Crippen molar-refractivity contribution in [2.45, 2.75) is 24.3 Å². The summed E-state index contributed by atoms with van der Waals surface area (Å²) in [6, 6.07) is 2.78. The van der Waals surface area contributed by atoms with E-state index in [1.54, 1.807) is 17.9 Å². The highest BCUT2D eigenvalue weighted by Gasteiger charge is 2.53. The number of ether oxygens (including phenoxy) is 1. The van der Waals surface area contributed by atoms with E-state index >= 15 is 0 Å². The minimum absolute atomic E-state index is 0.000370. The molecule has 0 aliphatic carbocycles. The van der Waals surface area contributed by atoms with Gasteiger partial charge in [-0.25, -0.2) is 4.98 Å². The Morgan fingerprint density at radius 2 is 2.12 bits per heavy atom. The molecule has 2 aliphatic heterocycles. The number of aryl methyl sites for hydroxylation is 1. The smallest absolute Gasteiger partial charge is 0.543 e. The number of aromatic nitrogens is 3. The molecule has 216 valence electrons. The summed E-state index contributed by atoms with van der Waals surface area (Å²) in [4.78, 5) is 48.0. The van der Waals surface area contributed by atoms with Crippen LogP contribution < -0.4 is 25.6 Å². The average molecular weight is 612 g/mol. The number of anilines is 1. The quantitative estimate of drug-likeness (QED) is 0.152. The number of alkyl halides is 3. The summed E-state index contributed by atoms with van der Waals surface area (Å²) < 4.78 is 45.1. The molecule has 1 fully saturated rings. The van der Waals surface area contributed by atoms with Crippen LogP contribution in [0.25, 0.3) is 10.9 Å². The number of carbonyl (C=O) groups is 3. The number of aliphatic carboxylic acids is 1. The molecule has 0 bridgehead atoms. The fraction of sp³-hybridized carbons (Fsp3) is 0.304. The number of carbonyl (C=O) groups excluding carboxylic acids is 3. The van der Waals surface area contributed by atoms with Gasteiger partial charge in [-0.1, -0.05) is 5.16 Å². The summed E-state index contributed by atoms with van der Waals surface area (Å²) >= 11 is 2.31. The summed E-state index contributed by atoms with van der Waals surface area (Å²) in [6.45, 7) is 0.000370. The van der Waals surface area contributed by atoms with Crippen LogP contribution in [-0.4, -0.2) is 68.7 Å². The van der Waals surface area contributed by atoms with E-state index in [0.29, 0.717) is 16.5 Å². The first-order valence-corrected chi connectivity index (χ1v) is 13.6. The number of thiazole rings is 1. The van der Waals surface area contributed by atoms with Crippen LogP contribution in [0.4, 0.5) is 18.3 Å². The maximum atomic E-state index is 13.1. The van der Waals surface area contributed by atoms with E-state index in [4.69, 9.17) is 10.6 Å². The van der Waals surface area contributed by atoms with Gasteiger partial charge in [0.15, 0.2) is 17.4 Å². The van der Waals surface area contributed by atoms with Crippen LogP contribution in [0.1, 0.15) is 5.69 Å². The van der Waals surface area contributed by atoms with E-state index in [0.717, 1.165) is 16.2 Å². The zero-order valence-corrected chi connectivity index (χ0v) is 22.8. The third kappa shape index (κ3) is 5.39. The van der Waals surface area contributed by atoms with Crippen LogP contribution in [0.2, 0.25) is 0 Å². The zero-order valence-electron chi connectivity index (χ0n) is 21.2. The Hall–Kier alpha value is -4.32. The van der Waals surface area contributed by atoms with Crippen LogP contribution in [0.3, 0.4) is 0 Å². The van der Waals surface area contributed by atoms with Gasteiger partial charge in [-0.2, -0.15) is 4.68 Å². The number of halogens is 3. The zero-order chi connectivity index (χ0) is 29.6. The summed E-state index contributed by atoms with van der Waals surface area (Å²) in [5, 5.41) is 20.0. The van der Waals surface area contributed by atoms with E-state index < -0.39 is 41.3 Å². The minimum atomic E-state index is -4.85. The van der Waals surface area contributed by atoms with Crippen LogP contribution in [0.15, 0.2) is 46.2 Å². The molecule has 3 aromatic rings. The summed E-state index contributed by atoms with van der Waals surface area (Å²) in [7, 11) is 2.82.